The van der Waals surface area contributed by atoms with Gasteiger partial charge in [-0.15, -0.1) is 6.58 Å². The number of hydrogen-bond acceptors (Lipinski definition) is 4. The number of sulfone groups is 1. The van der Waals surface area contributed by atoms with Crippen molar-refractivity contribution >= 4 is 59.9 Å². The van der Waals surface area contributed by atoms with Crippen molar-refractivity contribution < 1.29 is 13.2 Å². The van der Waals surface area contributed by atoms with Gasteiger partial charge in [-0.3, -0.25) is 4.79 Å². The summed E-state index contributed by atoms with van der Waals surface area (Å²) in [6.45, 7) is 4.22. The molecule has 0 atom stereocenters. The van der Waals surface area contributed by atoms with E-state index in [0.717, 1.165) is 13.8 Å². The van der Waals surface area contributed by atoms with Crippen molar-refractivity contribution in [2.75, 3.05) is 6.26 Å². The SMILES string of the molecule is C=CCn1c(=NC(=O)c2ccccc2I)sc2cc(S(C)(=O)=O)ccc21. The number of hydrogen-bond donors (Lipinski definition) is 0. The van der Waals surface area contributed by atoms with E-state index in [0.29, 0.717) is 16.9 Å². The minimum Gasteiger partial charge on any atom is -0.312 e. The highest BCUT2D eigenvalue weighted by atomic mass is 127. The van der Waals surface area contributed by atoms with Crippen molar-refractivity contribution in [2.24, 2.45) is 4.99 Å². The molecule has 0 spiro atoms. The monoisotopic (exact) mass is 498 g/mol. The Kier molecular flexibility index (Phi) is 5.44. The molecule has 26 heavy (non-hydrogen) atoms. The van der Waals surface area contributed by atoms with E-state index < -0.39 is 9.84 Å². The van der Waals surface area contributed by atoms with Crippen molar-refractivity contribution in [1.82, 2.24) is 4.57 Å². The molecule has 0 N–H and O–H groups in total. The standard InChI is InChI=1S/C18H15IN2O3S2/c1-3-10-21-15-9-8-12(26(2,23)24)11-16(15)25-18(21)20-17(22)13-6-4-5-7-14(13)19/h3-9,11H,1,10H2,2H3. The molecule has 134 valence electrons. The first-order valence-corrected chi connectivity index (χ1v) is 11.4. The van der Waals surface area contributed by atoms with Crippen molar-refractivity contribution in [3.05, 3.63) is 69.1 Å². The van der Waals surface area contributed by atoms with Crippen LogP contribution in [0.25, 0.3) is 10.2 Å². The maximum atomic E-state index is 12.6. The summed E-state index contributed by atoms with van der Waals surface area (Å²) < 4.78 is 27.0. The number of nitrogens with zero attached hydrogens (tertiary/aromatic N) is 2. The minimum atomic E-state index is -3.30. The molecule has 0 aliphatic rings. The van der Waals surface area contributed by atoms with Gasteiger partial charge in [-0.1, -0.05) is 29.5 Å². The minimum absolute atomic E-state index is 0.243. The van der Waals surface area contributed by atoms with Crippen LogP contribution >= 0.6 is 33.9 Å². The van der Waals surface area contributed by atoms with Crippen molar-refractivity contribution in [2.45, 2.75) is 11.4 Å². The number of allylic oxidation sites excluding steroid dienone is 1. The maximum absolute atomic E-state index is 12.6. The normalized spacial score (nSPS) is 12.5. The number of halogens is 1. The fourth-order valence-electron chi connectivity index (χ4n) is 2.46. The third-order valence-corrected chi connectivity index (χ3v) is 6.79. The second kappa shape index (κ2) is 7.45. The van der Waals surface area contributed by atoms with Gasteiger partial charge in [-0.05, 0) is 52.9 Å². The van der Waals surface area contributed by atoms with Crippen LogP contribution in [-0.4, -0.2) is 25.1 Å². The predicted octanol–water partition coefficient (Wildman–Crippen LogP) is 3.64. The Bertz CT molecular complexity index is 1190. The number of fused-ring (bicyclic) bond motifs is 1. The van der Waals surface area contributed by atoms with Crippen LogP contribution in [0.5, 0.6) is 0 Å². The molecule has 3 rings (SSSR count). The lowest BCUT2D eigenvalue weighted by Crippen LogP contribution is -2.16. The van der Waals surface area contributed by atoms with Gasteiger partial charge in [0.25, 0.3) is 5.91 Å². The van der Waals surface area contributed by atoms with Crippen LogP contribution in [0.4, 0.5) is 0 Å². The molecule has 1 heterocycles. The molecule has 8 heteroatoms. The van der Waals surface area contributed by atoms with Crippen LogP contribution in [0.1, 0.15) is 10.4 Å². The van der Waals surface area contributed by atoms with Crippen molar-refractivity contribution in [3.63, 3.8) is 0 Å². The Morgan fingerprint density at radius 1 is 1.31 bits per heavy atom. The van der Waals surface area contributed by atoms with Gasteiger partial charge in [-0.2, -0.15) is 4.99 Å². The topological polar surface area (TPSA) is 68.5 Å². The van der Waals surface area contributed by atoms with E-state index in [9.17, 15) is 13.2 Å². The third-order valence-electron chi connectivity index (χ3n) is 3.70. The molecule has 2 aromatic carbocycles. The van der Waals surface area contributed by atoms with Crippen LogP contribution in [0.3, 0.4) is 0 Å². The lowest BCUT2D eigenvalue weighted by Gasteiger charge is -2.02. The van der Waals surface area contributed by atoms with E-state index in [2.05, 4.69) is 34.2 Å². The number of benzene rings is 2. The molecule has 0 saturated heterocycles. The lowest BCUT2D eigenvalue weighted by atomic mass is 10.2. The first kappa shape index (κ1) is 19.0. The van der Waals surface area contributed by atoms with Crippen molar-refractivity contribution in [1.29, 1.82) is 0 Å². The summed E-state index contributed by atoms with van der Waals surface area (Å²) in [7, 11) is -3.30. The largest absolute Gasteiger partial charge is 0.312 e. The van der Waals surface area contributed by atoms with E-state index >= 15 is 0 Å². The van der Waals surface area contributed by atoms with Gasteiger partial charge in [0.15, 0.2) is 14.6 Å². The number of thiazole rings is 1. The number of amides is 1. The highest BCUT2D eigenvalue weighted by molar-refractivity contribution is 14.1. The van der Waals surface area contributed by atoms with E-state index in [4.69, 9.17) is 0 Å². The van der Waals surface area contributed by atoms with E-state index in [1.54, 1.807) is 36.4 Å². The molecule has 0 unspecified atom stereocenters. The fraction of sp³-hybridized carbons (Fsp3) is 0.111. The predicted molar refractivity (Wildman–Crippen MR) is 112 cm³/mol. The molecule has 0 fully saturated rings. The first-order valence-electron chi connectivity index (χ1n) is 7.59. The molecule has 1 amide bonds. The average molecular weight is 498 g/mol. The van der Waals surface area contributed by atoms with Crippen LogP contribution in [0, 0.1) is 3.57 Å². The van der Waals surface area contributed by atoms with Gasteiger partial charge in [0, 0.05) is 16.4 Å². The maximum Gasteiger partial charge on any atom is 0.280 e. The third kappa shape index (κ3) is 3.81. The Balaban J connectivity index is 2.21. The summed E-state index contributed by atoms with van der Waals surface area (Å²) in [6.07, 6.45) is 2.89. The average Bonchev–Trinajstić information content (AvgIpc) is 2.91. The molecule has 5 nitrogen and oxygen atoms in total. The smallest absolute Gasteiger partial charge is 0.280 e. The van der Waals surface area contributed by atoms with Gasteiger partial charge in [-0.25, -0.2) is 8.42 Å². The second-order valence-corrected chi connectivity index (χ2v) is 9.77. The van der Waals surface area contributed by atoms with Gasteiger partial charge in [0.2, 0.25) is 0 Å². The summed E-state index contributed by atoms with van der Waals surface area (Å²) >= 11 is 3.39. The van der Waals surface area contributed by atoms with Gasteiger partial charge < -0.3 is 4.57 Å². The summed E-state index contributed by atoms with van der Waals surface area (Å²) in [6, 6.07) is 12.2. The number of rotatable bonds is 4. The number of aromatic nitrogens is 1. The van der Waals surface area contributed by atoms with Crippen molar-refractivity contribution in [3.8, 4) is 0 Å². The Hall–Kier alpha value is -1.78. The Morgan fingerprint density at radius 3 is 2.69 bits per heavy atom. The van der Waals surface area contributed by atoms with Gasteiger partial charge in [0.05, 0.1) is 20.7 Å². The summed E-state index contributed by atoms with van der Waals surface area (Å²) in [4.78, 5) is 17.6. The molecule has 0 bridgehead atoms. The first-order chi connectivity index (χ1) is 12.3. The second-order valence-electron chi connectivity index (χ2n) is 5.58. The molecule has 1 aromatic heterocycles. The quantitative estimate of drug-likeness (QED) is 0.408. The lowest BCUT2D eigenvalue weighted by molar-refractivity contribution is 0.0997. The van der Waals surface area contributed by atoms with Gasteiger partial charge >= 0.3 is 0 Å². The highest BCUT2D eigenvalue weighted by Crippen LogP contribution is 2.22. The molecule has 0 radical (unpaired) electrons. The zero-order valence-corrected chi connectivity index (χ0v) is 17.6. The fourth-order valence-corrected chi connectivity index (χ4v) is 4.87. The summed E-state index contributed by atoms with van der Waals surface area (Å²) in [5.74, 6) is -0.331. The summed E-state index contributed by atoms with van der Waals surface area (Å²) in [5, 5.41) is 0. The van der Waals surface area contributed by atoms with Gasteiger partial charge in [0.1, 0.15) is 0 Å². The molecule has 3 aromatic rings. The van der Waals surface area contributed by atoms with Crippen LogP contribution < -0.4 is 4.80 Å². The molecule has 0 aliphatic heterocycles. The number of carbonyl (C=O) groups excluding carboxylic acids is 1. The Morgan fingerprint density at radius 2 is 2.04 bits per heavy atom. The van der Waals surface area contributed by atoms with Crippen LogP contribution in [-0.2, 0) is 16.4 Å². The Labute approximate surface area is 168 Å². The van der Waals surface area contributed by atoms with Crippen LogP contribution in [0.2, 0.25) is 0 Å². The summed E-state index contributed by atoms with van der Waals surface area (Å²) in [5.41, 5.74) is 1.35. The molecular formula is C18H15IN2O3S2. The molecule has 0 aliphatic carbocycles. The highest BCUT2D eigenvalue weighted by Gasteiger charge is 2.13. The number of carbonyl (C=O) groups is 1. The zero-order valence-electron chi connectivity index (χ0n) is 13.8. The van der Waals surface area contributed by atoms with Crippen LogP contribution in [0.15, 0.2) is 65.0 Å². The van der Waals surface area contributed by atoms with E-state index in [1.165, 1.54) is 17.6 Å². The molecule has 0 saturated carbocycles. The van der Waals surface area contributed by atoms with E-state index in [1.807, 2.05) is 16.7 Å². The zero-order chi connectivity index (χ0) is 18.9. The van der Waals surface area contributed by atoms with E-state index in [-0.39, 0.29) is 10.8 Å². The molecular weight excluding hydrogens is 483 g/mol.